The molecule has 2 N–H and O–H groups in total. The van der Waals surface area contributed by atoms with Crippen LogP contribution in [-0.4, -0.2) is 17.8 Å². The molecule has 0 aliphatic heterocycles. The quantitative estimate of drug-likeness (QED) is 0.720. The van der Waals surface area contributed by atoms with E-state index in [1.807, 2.05) is 38.1 Å². The molecule has 0 aliphatic rings. The summed E-state index contributed by atoms with van der Waals surface area (Å²) in [5.41, 5.74) is 1.41. The molecule has 0 heterocycles. The molecule has 0 bridgehead atoms. The molecular formula is C17H18BrFN2OS. The third kappa shape index (κ3) is 5.48. The van der Waals surface area contributed by atoms with Crippen LogP contribution in [0.5, 0.6) is 5.75 Å². The van der Waals surface area contributed by atoms with Gasteiger partial charge in [-0.3, -0.25) is 0 Å². The van der Waals surface area contributed by atoms with E-state index in [-0.39, 0.29) is 11.9 Å². The van der Waals surface area contributed by atoms with Crippen LogP contribution in [0.2, 0.25) is 0 Å². The van der Waals surface area contributed by atoms with Crippen LogP contribution < -0.4 is 15.4 Å². The lowest BCUT2D eigenvalue weighted by molar-refractivity contribution is 0.285. The second-order valence-electron chi connectivity index (χ2n) is 5.20. The van der Waals surface area contributed by atoms with Crippen LogP contribution >= 0.6 is 28.1 Å². The molecule has 0 aromatic heterocycles. The summed E-state index contributed by atoms with van der Waals surface area (Å²) in [4.78, 5) is 0. The van der Waals surface area contributed by atoms with E-state index in [9.17, 15) is 4.39 Å². The Bertz CT molecular complexity index is 696. The van der Waals surface area contributed by atoms with Crippen LogP contribution in [0.25, 0.3) is 0 Å². The lowest BCUT2D eigenvalue weighted by atomic mass is 10.2. The van der Waals surface area contributed by atoms with Gasteiger partial charge < -0.3 is 15.4 Å². The SMILES string of the molecule is Cc1ccccc1OC[C@@H](C)NC(=S)Nc1ccc(Br)cc1F. The van der Waals surface area contributed by atoms with Gasteiger partial charge in [0, 0.05) is 4.47 Å². The molecule has 2 aromatic rings. The second-order valence-corrected chi connectivity index (χ2v) is 6.52. The highest BCUT2D eigenvalue weighted by Crippen LogP contribution is 2.19. The van der Waals surface area contributed by atoms with E-state index in [2.05, 4.69) is 26.6 Å². The zero-order valence-electron chi connectivity index (χ0n) is 12.9. The maximum Gasteiger partial charge on any atom is 0.171 e. The summed E-state index contributed by atoms with van der Waals surface area (Å²) >= 11 is 8.42. The van der Waals surface area contributed by atoms with Crippen LogP contribution in [0.1, 0.15) is 12.5 Å². The normalized spacial score (nSPS) is 11.7. The molecule has 2 aromatic carbocycles. The molecule has 0 spiro atoms. The number of ether oxygens (including phenoxy) is 1. The van der Waals surface area contributed by atoms with Crippen molar-refractivity contribution in [2.24, 2.45) is 0 Å². The topological polar surface area (TPSA) is 33.3 Å². The fourth-order valence-electron chi connectivity index (χ4n) is 1.95. The summed E-state index contributed by atoms with van der Waals surface area (Å²) in [5, 5.41) is 6.28. The first-order chi connectivity index (χ1) is 11.0. The molecule has 122 valence electrons. The molecule has 0 aliphatic carbocycles. The Morgan fingerprint density at radius 3 is 2.74 bits per heavy atom. The molecule has 0 saturated heterocycles. The van der Waals surface area contributed by atoms with Crippen molar-refractivity contribution in [2.45, 2.75) is 19.9 Å². The highest BCUT2D eigenvalue weighted by molar-refractivity contribution is 9.10. The molecule has 0 fully saturated rings. The zero-order chi connectivity index (χ0) is 16.8. The predicted molar refractivity (Wildman–Crippen MR) is 99.6 cm³/mol. The number of anilines is 1. The molecule has 1 atom stereocenters. The fraction of sp³-hybridized carbons (Fsp3) is 0.235. The number of hydrogen-bond donors (Lipinski definition) is 2. The summed E-state index contributed by atoms with van der Waals surface area (Å²) in [6, 6.07) is 12.6. The maximum absolute atomic E-state index is 13.8. The van der Waals surface area contributed by atoms with Crippen molar-refractivity contribution in [1.29, 1.82) is 0 Å². The zero-order valence-corrected chi connectivity index (χ0v) is 15.3. The minimum Gasteiger partial charge on any atom is -0.491 e. The Hall–Kier alpha value is -1.66. The number of rotatable bonds is 5. The first-order valence-corrected chi connectivity index (χ1v) is 8.37. The number of hydrogen-bond acceptors (Lipinski definition) is 2. The highest BCUT2D eigenvalue weighted by Gasteiger charge is 2.09. The smallest absolute Gasteiger partial charge is 0.171 e. The van der Waals surface area contributed by atoms with Gasteiger partial charge in [-0.1, -0.05) is 34.1 Å². The van der Waals surface area contributed by atoms with Gasteiger partial charge in [0.25, 0.3) is 0 Å². The molecule has 2 rings (SSSR count). The van der Waals surface area contributed by atoms with E-state index in [0.29, 0.717) is 21.9 Å². The van der Waals surface area contributed by atoms with E-state index in [4.69, 9.17) is 17.0 Å². The Balaban J connectivity index is 1.84. The van der Waals surface area contributed by atoms with Crippen molar-refractivity contribution < 1.29 is 9.13 Å². The average molecular weight is 397 g/mol. The average Bonchev–Trinajstić information content (AvgIpc) is 2.49. The van der Waals surface area contributed by atoms with E-state index in [1.54, 1.807) is 12.1 Å². The van der Waals surface area contributed by atoms with E-state index >= 15 is 0 Å². The third-order valence-electron chi connectivity index (χ3n) is 3.14. The van der Waals surface area contributed by atoms with Crippen molar-refractivity contribution in [3.63, 3.8) is 0 Å². The Labute approximate surface area is 149 Å². The van der Waals surface area contributed by atoms with Gasteiger partial charge in [0.1, 0.15) is 18.2 Å². The number of aryl methyl sites for hydroxylation is 1. The minimum atomic E-state index is -0.368. The number of nitrogens with one attached hydrogen (secondary N) is 2. The van der Waals surface area contributed by atoms with Gasteiger partial charge in [0.15, 0.2) is 5.11 Å². The third-order valence-corrected chi connectivity index (χ3v) is 3.85. The largest absolute Gasteiger partial charge is 0.491 e. The summed E-state index contributed by atoms with van der Waals surface area (Å²) in [6.07, 6.45) is 0. The fourth-order valence-corrected chi connectivity index (χ4v) is 2.59. The molecule has 23 heavy (non-hydrogen) atoms. The molecular weight excluding hydrogens is 379 g/mol. The summed E-state index contributed by atoms with van der Waals surface area (Å²) in [6.45, 7) is 4.40. The van der Waals surface area contributed by atoms with Gasteiger partial charge in [0.2, 0.25) is 0 Å². The molecule has 0 amide bonds. The minimum absolute atomic E-state index is 0.0203. The van der Waals surface area contributed by atoms with Gasteiger partial charge in [0.05, 0.1) is 11.7 Å². The van der Waals surface area contributed by atoms with Gasteiger partial charge in [-0.05, 0) is 55.9 Å². The summed E-state index contributed by atoms with van der Waals surface area (Å²) in [7, 11) is 0. The van der Waals surface area contributed by atoms with Gasteiger partial charge >= 0.3 is 0 Å². The second kappa shape index (κ2) is 8.26. The Morgan fingerprint density at radius 1 is 1.30 bits per heavy atom. The molecule has 6 heteroatoms. The summed E-state index contributed by atoms with van der Waals surface area (Å²) < 4.78 is 20.2. The lowest BCUT2D eigenvalue weighted by Crippen LogP contribution is -2.39. The van der Waals surface area contributed by atoms with Crippen molar-refractivity contribution in [3.05, 3.63) is 58.3 Å². The Morgan fingerprint density at radius 2 is 2.04 bits per heavy atom. The predicted octanol–water partition coefficient (Wildman–Crippen LogP) is 4.65. The van der Waals surface area contributed by atoms with E-state index in [0.717, 1.165) is 11.3 Å². The van der Waals surface area contributed by atoms with Crippen molar-refractivity contribution in [2.75, 3.05) is 11.9 Å². The van der Waals surface area contributed by atoms with E-state index in [1.165, 1.54) is 6.07 Å². The van der Waals surface area contributed by atoms with Crippen molar-refractivity contribution in [1.82, 2.24) is 5.32 Å². The number of para-hydroxylation sites is 1. The van der Waals surface area contributed by atoms with Crippen molar-refractivity contribution >= 4 is 38.9 Å². The number of benzene rings is 2. The molecule has 3 nitrogen and oxygen atoms in total. The first kappa shape index (κ1) is 17.7. The van der Waals surface area contributed by atoms with Gasteiger partial charge in [-0.15, -0.1) is 0 Å². The van der Waals surface area contributed by atoms with Crippen LogP contribution in [0.15, 0.2) is 46.9 Å². The van der Waals surface area contributed by atoms with Crippen LogP contribution in [0.4, 0.5) is 10.1 Å². The van der Waals surface area contributed by atoms with Crippen molar-refractivity contribution in [3.8, 4) is 5.75 Å². The van der Waals surface area contributed by atoms with Crippen LogP contribution in [0, 0.1) is 12.7 Å². The van der Waals surface area contributed by atoms with Crippen LogP contribution in [-0.2, 0) is 0 Å². The highest BCUT2D eigenvalue weighted by atomic mass is 79.9. The van der Waals surface area contributed by atoms with Gasteiger partial charge in [-0.2, -0.15) is 0 Å². The van der Waals surface area contributed by atoms with E-state index < -0.39 is 0 Å². The maximum atomic E-state index is 13.8. The lowest BCUT2D eigenvalue weighted by Gasteiger charge is -2.18. The molecule has 0 saturated carbocycles. The Kier molecular flexibility index (Phi) is 6.36. The van der Waals surface area contributed by atoms with Gasteiger partial charge in [-0.25, -0.2) is 4.39 Å². The monoisotopic (exact) mass is 396 g/mol. The number of halogens is 2. The van der Waals surface area contributed by atoms with Crippen LogP contribution in [0.3, 0.4) is 0 Å². The standard InChI is InChI=1S/C17H18BrFN2OS/c1-11-5-3-4-6-16(11)22-10-12(2)20-17(23)21-15-8-7-13(18)9-14(15)19/h3-9,12H,10H2,1-2H3,(H2,20,21,23)/t12-/m1/s1. The molecule has 0 radical (unpaired) electrons. The summed E-state index contributed by atoms with van der Waals surface area (Å²) in [5.74, 6) is 0.478. The first-order valence-electron chi connectivity index (χ1n) is 7.16. The number of thiocarbonyl (C=S) groups is 1. The molecule has 0 unspecified atom stereocenters.